The van der Waals surface area contributed by atoms with Gasteiger partial charge < -0.3 is 15.3 Å². The second kappa shape index (κ2) is 15.2. The van der Waals surface area contributed by atoms with Crippen molar-refractivity contribution in [2.45, 2.75) is 117 Å². The Hall–Kier alpha value is -0.780. The summed E-state index contributed by atoms with van der Waals surface area (Å²) >= 11 is 1.83. The Kier molecular flexibility index (Phi) is 13.9. The van der Waals surface area contributed by atoms with Crippen LogP contribution in [0.3, 0.4) is 0 Å². The molecule has 0 fully saturated rings. The third kappa shape index (κ3) is 12.5. The molecule has 5 heteroatoms. The maximum atomic E-state index is 10.8. The van der Waals surface area contributed by atoms with Crippen molar-refractivity contribution in [3.05, 3.63) is 22.6 Å². The van der Waals surface area contributed by atoms with Crippen LogP contribution in [0, 0.1) is 17.3 Å². The predicted octanol–water partition coefficient (Wildman–Crippen LogP) is 6.96. The summed E-state index contributed by atoms with van der Waals surface area (Å²) in [5.41, 5.74) is 1.62. The Bertz CT molecular complexity index is 605. The molecule has 0 aromatic carbocycles. The van der Waals surface area contributed by atoms with Gasteiger partial charge in [0.25, 0.3) is 0 Å². The molecule has 1 aliphatic carbocycles. The zero-order valence-corrected chi connectivity index (χ0v) is 21.9. The van der Waals surface area contributed by atoms with E-state index in [0.717, 1.165) is 57.1 Å². The number of hydrogen-bond donors (Lipinski definition) is 3. The normalized spacial score (nSPS) is 21.5. The van der Waals surface area contributed by atoms with Crippen LogP contribution in [-0.4, -0.2) is 39.2 Å². The van der Waals surface area contributed by atoms with Gasteiger partial charge in [-0.1, -0.05) is 78.0 Å². The van der Waals surface area contributed by atoms with Crippen molar-refractivity contribution < 1.29 is 20.1 Å². The Morgan fingerprint density at radius 3 is 2.56 bits per heavy atom. The Morgan fingerprint density at radius 2 is 1.94 bits per heavy atom. The largest absolute Gasteiger partial charge is 0.481 e. The third-order valence-electron chi connectivity index (χ3n) is 6.23. The van der Waals surface area contributed by atoms with Crippen molar-refractivity contribution >= 4 is 17.7 Å². The molecule has 1 aliphatic rings. The van der Waals surface area contributed by atoms with Gasteiger partial charge in [-0.25, -0.2) is 0 Å². The summed E-state index contributed by atoms with van der Waals surface area (Å²) in [5, 5.41) is 30.1. The highest BCUT2D eigenvalue weighted by molar-refractivity contribution is 8.03. The molecule has 0 unspecified atom stereocenters. The molecule has 0 spiro atoms. The molecule has 0 aliphatic heterocycles. The molecular formula is C27H48O4S. The second-order valence-electron chi connectivity index (χ2n) is 10.8. The van der Waals surface area contributed by atoms with Crippen LogP contribution in [0.1, 0.15) is 105 Å². The predicted molar refractivity (Wildman–Crippen MR) is 137 cm³/mol. The number of carbonyl (C=O) groups is 1. The van der Waals surface area contributed by atoms with Gasteiger partial charge in [0.15, 0.2) is 0 Å². The summed E-state index contributed by atoms with van der Waals surface area (Å²) in [6.07, 6.45) is 13.0. The summed E-state index contributed by atoms with van der Waals surface area (Å²) in [6, 6.07) is 0. The van der Waals surface area contributed by atoms with Crippen LogP contribution in [0.5, 0.6) is 0 Å². The first-order chi connectivity index (χ1) is 15.0. The van der Waals surface area contributed by atoms with Crippen molar-refractivity contribution in [3.8, 4) is 0 Å². The number of rotatable bonds is 16. The zero-order valence-electron chi connectivity index (χ0n) is 21.1. The maximum Gasteiger partial charge on any atom is 0.303 e. The second-order valence-corrected chi connectivity index (χ2v) is 12.0. The monoisotopic (exact) mass is 468 g/mol. The van der Waals surface area contributed by atoms with E-state index in [0.29, 0.717) is 5.92 Å². The van der Waals surface area contributed by atoms with Crippen LogP contribution in [0.2, 0.25) is 0 Å². The molecule has 0 amide bonds. The first kappa shape index (κ1) is 29.3. The van der Waals surface area contributed by atoms with Gasteiger partial charge in [0.2, 0.25) is 0 Å². The number of hydrogen-bond acceptors (Lipinski definition) is 4. The van der Waals surface area contributed by atoms with Crippen LogP contribution in [0.4, 0.5) is 0 Å². The molecule has 0 saturated carbocycles. The Labute approximate surface area is 201 Å². The minimum absolute atomic E-state index is 0.0328. The van der Waals surface area contributed by atoms with Gasteiger partial charge in [-0.15, -0.1) is 11.8 Å². The number of unbranched alkanes of at least 4 members (excludes halogenated alkanes) is 3. The molecule has 32 heavy (non-hydrogen) atoms. The van der Waals surface area contributed by atoms with Crippen LogP contribution in [0.25, 0.3) is 0 Å². The molecule has 0 radical (unpaired) electrons. The molecule has 4 atom stereocenters. The number of aliphatic hydroxyl groups excluding tert-OH is 2. The van der Waals surface area contributed by atoms with E-state index in [-0.39, 0.29) is 17.8 Å². The van der Waals surface area contributed by atoms with Crippen molar-refractivity contribution in [1.29, 1.82) is 0 Å². The van der Waals surface area contributed by atoms with Crippen molar-refractivity contribution in [2.24, 2.45) is 17.3 Å². The molecule has 3 N–H and O–H groups in total. The molecule has 0 aromatic heterocycles. The Balaban J connectivity index is 2.76. The van der Waals surface area contributed by atoms with Gasteiger partial charge >= 0.3 is 5.97 Å². The maximum absolute atomic E-state index is 10.8. The number of thioether (sulfide) groups is 1. The van der Waals surface area contributed by atoms with E-state index < -0.39 is 18.2 Å². The topological polar surface area (TPSA) is 77.8 Å². The van der Waals surface area contributed by atoms with Crippen LogP contribution >= 0.6 is 11.8 Å². The highest BCUT2D eigenvalue weighted by atomic mass is 32.2. The van der Waals surface area contributed by atoms with Crippen molar-refractivity contribution in [2.75, 3.05) is 5.75 Å². The fourth-order valence-corrected chi connectivity index (χ4v) is 5.59. The first-order valence-corrected chi connectivity index (χ1v) is 13.6. The number of aliphatic carboxylic acids is 1. The molecule has 0 heterocycles. The van der Waals surface area contributed by atoms with E-state index in [1.807, 2.05) is 23.9 Å². The number of carboxylic acids is 1. The molecule has 1 rings (SSSR count). The number of carboxylic acid groups (broad SMARTS) is 1. The van der Waals surface area contributed by atoms with E-state index in [1.54, 1.807) is 0 Å². The van der Waals surface area contributed by atoms with E-state index in [4.69, 9.17) is 5.11 Å². The molecule has 0 saturated heterocycles. The standard InChI is InChI=1S/C27H48O4S/c1-6-7-11-20(2)18-22(28)13-14-23-24(29)19-21(15-16-27(3,4)5)26(23)32-17-10-8-9-12-25(30)31/h13-14,20,22-24,28-29H,6-12,15-19H2,1-5H3,(H,30,31)/t20-,22-,23+,24-/m1/s1. The summed E-state index contributed by atoms with van der Waals surface area (Å²) in [5.74, 6) is 0.688. The highest BCUT2D eigenvalue weighted by Gasteiger charge is 2.32. The van der Waals surface area contributed by atoms with Crippen molar-refractivity contribution in [3.63, 3.8) is 0 Å². The lowest BCUT2D eigenvalue weighted by Gasteiger charge is -2.19. The van der Waals surface area contributed by atoms with Gasteiger partial charge in [-0.05, 0) is 60.5 Å². The van der Waals surface area contributed by atoms with E-state index in [1.165, 1.54) is 23.3 Å². The molecule has 0 bridgehead atoms. The fraction of sp³-hybridized carbons (Fsp3) is 0.815. The molecule has 186 valence electrons. The van der Waals surface area contributed by atoms with Gasteiger partial charge in [0, 0.05) is 12.3 Å². The van der Waals surface area contributed by atoms with Crippen LogP contribution in [0.15, 0.2) is 22.6 Å². The van der Waals surface area contributed by atoms with Crippen LogP contribution < -0.4 is 0 Å². The van der Waals surface area contributed by atoms with Gasteiger partial charge in [-0.2, -0.15) is 0 Å². The van der Waals surface area contributed by atoms with E-state index in [2.05, 4.69) is 34.6 Å². The molecular weight excluding hydrogens is 420 g/mol. The molecule has 0 aromatic rings. The average molecular weight is 469 g/mol. The van der Waals surface area contributed by atoms with Crippen LogP contribution in [-0.2, 0) is 4.79 Å². The quantitative estimate of drug-likeness (QED) is 0.169. The first-order valence-electron chi connectivity index (χ1n) is 12.6. The van der Waals surface area contributed by atoms with Crippen molar-refractivity contribution in [1.82, 2.24) is 0 Å². The fourth-order valence-electron chi connectivity index (χ4n) is 4.20. The lowest BCUT2D eigenvalue weighted by Crippen LogP contribution is -2.15. The van der Waals surface area contributed by atoms with Gasteiger partial charge in [-0.3, -0.25) is 4.79 Å². The van der Waals surface area contributed by atoms with E-state index in [9.17, 15) is 15.0 Å². The van der Waals surface area contributed by atoms with Gasteiger partial charge in [0.1, 0.15) is 0 Å². The number of aliphatic hydroxyl groups is 2. The minimum atomic E-state index is -0.725. The summed E-state index contributed by atoms with van der Waals surface area (Å²) < 4.78 is 0. The average Bonchev–Trinajstić information content (AvgIpc) is 2.99. The SMILES string of the molecule is CCCC[C@@H](C)C[C@H](O)C=C[C@@H]1C(SCCCCCC(=O)O)=C(CCC(C)(C)C)C[C@H]1O. The smallest absolute Gasteiger partial charge is 0.303 e. The lowest BCUT2D eigenvalue weighted by molar-refractivity contribution is -0.137. The Morgan fingerprint density at radius 1 is 1.22 bits per heavy atom. The van der Waals surface area contributed by atoms with Gasteiger partial charge in [0.05, 0.1) is 12.2 Å². The lowest BCUT2D eigenvalue weighted by atomic mass is 9.88. The zero-order chi connectivity index (χ0) is 24.1. The summed E-state index contributed by atoms with van der Waals surface area (Å²) in [6.45, 7) is 11.2. The minimum Gasteiger partial charge on any atom is -0.481 e. The third-order valence-corrected chi connectivity index (χ3v) is 7.59. The molecule has 4 nitrogen and oxygen atoms in total. The summed E-state index contributed by atoms with van der Waals surface area (Å²) in [4.78, 5) is 12.0. The summed E-state index contributed by atoms with van der Waals surface area (Å²) in [7, 11) is 0. The highest BCUT2D eigenvalue weighted by Crippen LogP contribution is 2.43. The van der Waals surface area contributed by atoms with E-state index >= 15 is 0 Å².